The molecule has 0 saturated carbocycles. The molecule has 5 heteroatoms. The number of nitrogens with one attached hydrogen (secondary N) is 1. The molecule has 82 valence electrons. The molecular weight excluding hydrogens is 286 g/mol. The topological polar surface area (TPSA) is 37.8 Å². The second-order valence-corrected chi connectivity index (χ2v) is 5.66. The SMILES string of the molecule is Brc1cnccc1Nc1nc2c(s1)CCC2. The van der Waals surface area contributed by atoms with E-state index >= 15 is 0 Å². The third kappa shape index (κ3) is 1.85. The molecule has 2 heterocycles. The molecule has 0 amide bonds. The van der Waals surface area contributed by atoms with Crippen LogP contribution in [0.4, 0.5) is 10.8 Å². The zero-order valence-electron chi connectivity index (χ0n) is 8.53. The number of hydrogen-bond acceptors (Lipinski definition) is 4. The molecule has 1 aliphatic rings. The highest BCUT2D eigenvalue weighted by Crippen LogP contribution is 2.33. The van der Waals surface area contributed by atoms with Crippen LogP contribution in [0.25, 0.3) is 0 Å². The fraction of sp³-hybridized carbons (Fsp3) is 0.273. The third-order valence-electron chi connectivity index (χ3n) is 2.61. The molecule has 3 nitrogen and oxygen atoms in total. The Morgan fingerprint density at radius 3 is 3.12 bits per heavy atom. The van der Waals surface area contributed by atoms with Crippen LogP contribution in [0, 0.1) is 0 Å². The lowest BCUT2D eigenvalue weighted by atomic mass is 10.4. The number of aryl methyl sites for hydroxylation is 2. The average Bonchev–Trinajstić information content (AvgIpc) is 2.81. The maximum absolute atomic E-state index is 4.59. The van der Waals surface area contributed by atoms with Crippen molar-refractivity contribution in [1.82, 2.24) is 9.97 Å². The van der Waals surface area contributed by atoms with Gasteiger partial charge in [-0.05, 0) is 41.3 Å². The van der Waals surface area contributed by atoms with Crippen LogP contribution >= 0.6 is 27.3 Å². The Kier molecular flexibility index (Phi) is 2.65. The van der Waals surface area contributed by atoms with Crippen LogP contribution in [0.1, 0.15) is 17.0 Å². The summed E-state index contributed by atoms with van der Waals surface area (Å²) in [5, 5.41) is 4.31. The van der Waals surface area contributed by atoms with Crippen LogP contribution < -0.4 is 5.32 Å². The van der Waals surface area contributed by atoms with Gasteiger partial charge in [0, 0.05) is 17.3 Å². The van der Waals surface area contributed by atoms with E-state index in [9.17, 15) is 0 Å². The number of fused-ring (bicyclic) bond motifs is 1. The van der Waals surface area contributed by atoms with Crippen molar-refractivity contribution >= 4 is 38.1 Å². The minimum Gasteiger partial charge on any atom is -0.330 e. The number of pyridine rings is 1. The number of aromatic nitrogens is 2. The summed E-state index contributed by atoms with van der Waals surface area (Å²) in [6.07, 6.45) is 7.13. The second kappa shape index (κ2) is 4.14. The minimum absolute atomic E-state index is 0.963. The molecule has 1 aliphatic carbocycles. The van der Waals surface area contributed by atoms with E-state index in [0.717, 1.165) is 21.7 Å². The van der Waals surface area contributed by atoms with Crippen molar-refractivity contribution in [2.24, 2.45) is 0 Å². The van der Waals surface area contributed by atoms with E-state index in [-0.39, 0.29) is 0 Å². The van der Waals surface area contributed by atoms with E-state index in [1.165, 1.54) is 23.4 Å². The molecular formula is C11H10BrN3S. The smallest absolute Gasteiger partial charge is 0.187 e. The van der Waals surface area contributed by atoms with Gasteiger partial charge in [0.2, 0.25) is 0 Å². The fourth-order valence-corrected chi connectivity index (χ4v) is 3.25. The highest BCUT2D eigenvalue weighted by atomic mass is 79.9. The van der Waals surface area contributed by atoms with Crippen molar-refractivity contribution < 1.29 is 0 Å². The second-order valence-electron chi connectivity index (χ2n) is 3.72. The molecule has 2 aromatic rings. The molecule has 0 radical (unpaired) electrons. The Labute approximate surface area is 106 Å². The maximum atomic E-state index is 4.59. The van der Waals surface area contributed by atoms with Gasteiger partial charge >= 0.3 is 0 Å². The van der Waals surface area contributed by atoms with Gasteiger partial charge in [-0.1, -0.05) is 0 Å². The van der Waals surface area contributed by atoms with Crippen molar-refractivity contribution in [1.29, 1.82) is 0 Å². The molecule has 0 fully saturated rings. The summed E-state index contributed by atoms with van der Waals surface area (Å²) in [4.78, 5) is 10.1. The van der Waals surface area contributed by atoms with Crippen LogP contribution in [0.5, 0.6) is 0 Å². The standard InChI is InChI=1S/C11H10BrN3S/c12-7-6-13-5-4-8(7)14-11-15-9-2-1-3-10(9)16-11/h4-6H,1-3H2,(H,13,14,15). The van der Waals surface area contributed by atoms with Gasteiger partial charge in [-0.25, -0.2) is 4.98 Å². The first-order valence-electron chi connectivity index (χ1n) is 5.18. The number of anilines is 2. The van der Waals surface area contributed by atoms with E-state index in [2.05, 4.69) is 31.2 Å². The number of halogens is 1. The summed E-state index contributed by atoms with van der Waals surface area (Å²) in [6.45, 7) is 0. The van der Waals surface area contributed by atoms with Gasteiger partial charge in [-0.2, -0.15) is 0 Å². The Morgan fingerprint density at radius 1 is 1.38 bits per heavy atom. The quantitative estimate of drug-likeness (QED) is 0.921. The molecule has 16 heavy (non-hydrogen) atoms. The summed E-state index contributed by atoms with van der Waals surface area (Å²) < 4.78 is 0.963. The van der Waals surface area contributed by atoms with E-state index in [0.29, 0.717) is 0 Å². The van der Waals surface area contributed by atoms with Crippen molar-refractivity contribution in [2.45, 2.75) is 19.3 Å². The average molecular weight is 296 g/mol. The van der Waals surface area contributed by atoms with Crippen LogP contribution in [0.2, 0.25) is 0 Å². The largest absolute Gasteiger partial charge is 0.330 e. The van der Waals surface area contributed by atoms with Crippen molar-refractivity contribution in [3.8, 4) is 0 Å². The Hall–Kier alpha value is -0.940. The molecule has 0 unspecified atom stereocenters. The van der Waals surface area contributed by atoms with Gasteiger partial charge in [0.1, 0.15) is 0 Å². The normalized spacial score (nSPS) is 13.8. The zero-order valence-corrected chi connectivity index (χ0v) is 10.9. The van der Waals surface area contributed by atoms with E-state index in [1.54, 1.807) is 23.7 Å². The van der Waals surface area contributed by atoms with Crippen LogP contribution in [0.15, 0.2) is 22.9 Å². The monoisotopic (exact) mass is 295 g/mol. The first kappa shape index (κ1) is 10.2. The first-order chi connectivity index (χ1) is 7.83. The lowest BCUT2D eigenvalue weighted by Gasteiger charge is -2.03. The molecule has 0 bridgehead atoms. The third-order valence-corrected chi connectivity index (χ3v) is 4.31. The van der Waals surface area contributed by atoms with E-state index in [1.807, 2.05) is 6.07 Å². The summed E-state index contributed by atoms with van der Waals surface area (Å²) >= 11 is 5.22. The highest BCUT2D eigenvalue weighted by molar-refractivity contribution is 9.10. The van der Waals surface area contributed by atoms with Gasteiger partial charge in [-0.15, -0.1) is 11.3 Å². The van der Waals surface area contributed by atoms with E-state index < -0.39 is 0 Å². The number of hydrogen-bond donors (Lipinski definition) is 1. The Balaban J connectivity index is 1.87. The van der Waals surface area contributed by atoms with Crippen LogP contribution in [-0.4, -0.2) is 9.97 Å². The molecule has 2 aromatic heterocycles. The van der Waals surface area contributed by atoms with Crippen molar-refractivity contribution in [3.05, 3.63) is 33.5 Å². The summed E-state index contributed by atoms with van der Waals surface area (Å²) in [5.41, 5.74) is 2.29. The summed E-state index contributed by atoms with van der Waals surface area (Å²) in [5.74, 6) is 0. The molecule has 0 aliphatic heterocycles. The van der Waals surface area contributed by atoms with Gasteiger partial charge in [0.25, 0.3) is 0 Å². The maximum Gasteiger partial charge on any atom is 0.187 e. The molecule has 1 N–H and O–H groups in total. The predicted molar refractivity (Wildman–Crippen MR) is 69.4 cm³/mol. The predicted octanol–water partition coefficient (Wildman–Crippen LogP) is 3.53. The number of nitrogens with zero attached hydrogens (tertiary/aromatic N) is 2. The lowest BCUT2D eigenvalue weighted by Crippen LogP contribution is -1.91. The molecule has 3 rings (SSSR count). The number of rotatable bonds is 2. The lowest BCUT2D eigenvalue weighted by molar-refractivity contribution is 0.900. The Morgan fingerprint density at radius 2 is 2.31 bits per heavy atom. The van der Waals surface area contributed by atoms with Crippen LogP contribution in [0.3, 0.4) is 0 Å². The summed E-state index contributed by atoms with van der Waals surface area (Å²) in [7, 11) is 0. The molecule has 0 atom stereocenters. The molecule has 0 aromatic carbocycles. The number of thiazole rings is 1. The van der Waals surface area contributed by atoms with Crippen molar-refractivity contribution in [3.63, 3.8) is 0 Å². The Bertz CT molecular complexity index is 502. The van der Waals surface area contributed by atoms with Crippen molar-refractivity contribution in [2.75, 3.05) is 5.32 Å². The van der Waals surface area contributed by atoms with E-state index in [4.69, 9.17) is 0 Å². The molecule has 0 spiro atoms. The zero-order chi connectivity index (χ0) is 11.0. The first-order valence-corrected chi connectivity index (χ1v) is 6.79. The van der Waals surface area contributed by atoms with Gasteiger partial charge < -0.3 is 5.32 Å². The highest BCUT2D eigenvalue weighted by Gasteiger charge is 2.16. The van der Waals surface area contributed by atoms with Gasteiger partial charge in [0.15, 0.2) is 5.13 Å². The summed E-state index contributed by atoms with van der Waals surface area (Å²) in [6, 6.07) is 1.94. The molecule has 0 saturated heterocycles. The van der Waals surface area contributed by atoms with Crippen LogP contribution in [-0.2, 0) is 12.8 Å². The van der Waals surface area contributed by atoms with Gasteiger partial charge in [0.05, 0.1) is 15.9 Å². The minimum atomic E-state index is 0.963. The fourth-order valence-electron chi connectivity index (χ4n) is 1.84. The van der Waals surface area contributed by atoms with Gasteiger partial charge in [-0.3, -0.25) is 4.98 Å².